The molecule has 0 saturated heterocycles. The number of benzene rings is 1. The van der Waals surface area contributed by atoms with E-state index in [2.05, 4.69) is 26.1 Å². The van der Waals surface area contributed by atoms with Crippen molar-refractivity contribution in [3.05, 3.63) is 34.9 Å². The van der Waals surface area contributed by atoms with E-state index in [1.807, 2.05) is 25.1 Å². The van der Waals surface area contributed by atoms with Crippen LogP contribution in [0.4, 0.5) is 0 Å². The number of carbonyl (C=O) groups is 1. The van der Waals surface area contributed by atoms with Crippen molar-refractivity contribution >= 4 is 5.91 Å². The van der Waals surface area contributed by atoms with Crippen LogP contribution in [0.2, 0.25) is 0 Å². The number of hydrogen-bond acceptors (Lipinski definition) is 1. The fraction of sp³-hybridized carbons (Fsp3) is 0.588. The standard InChI is InChI=1S/C17H27NO/c1-5-7-8-15(6-2)12-18-17(19)16-10-9-13(3)14(4)11-16/h9-11,15H,5-8,12H2,1-4H3,(H,18,19)/t15-/m1/s1. The summed E-state index contributed by atoms with van der Waals surface area (Å²) in [5.74, 6) is 0.661. The topological polar surface area (TPSA) is 29.1 Å². The highest BCUT2D eigenvalue weighted by molar-refractivity contribution is 5.94. The lowest BCUT2D eigenvalue weighted by Gasteiger charge is -2.15. The van der Waals surface area contributed by atoms with Crippen molar-refractivity contribution in [1.29, 1.82) is 0 Å². The molecule has 0 spiro atoms. The molecule has 2 heteroatoms. The summed E-state index contributed by atoms with van der Waals surface area (Å²) < 4.78 is 0. The Bertz CT molecular complexity index is 412. The zero-order chi connectivity index (χ0) is 14.3. The van der Waals surface area contributed by atoms with Crippen LogP contribution in [-0.2, 0) is 0 Å². The zero-order valence-electron chi connectivity index (χ0n) is 12.8. The van der Waals surface area contributed by atoms with Gasteiger partial charge in [-0.25, -0.2) is 0 Å². The van der Waals surface area contributed by atoms with Crippen LogP contribution in [0.25, 0.3) is 0 Å². The van der Waals surface area contributed by atoms with Crippen molar-refractivity contribution in [1.82, 2.24) is 5.32 Å². The number of rotatable bonds is 7. The Morgan fingerprint density at radius 2 is 1.95 bits per heavy atom. The van der Waals surface area contributed by atoms with Gasteiger partial charge in [0.15, 0.2) is 0 Å². The molecule has 1 atom stereocenters. The molecule has 0 saturated carbocycles. The van der Waals surface area contributed by atoms with Crippen LogP contribution in [0.1, 0.15) is 61.0 Å². The first-order chi connectivity index (χ1) is 9.08. The van der Waals surface area contributed by atoms with Gasteiger partial charge in [0, 0.05) is 12.1 Å². The summed E-state index contributed by atoms with van der Waals surface area (Å²) in [6, 6.07) is 5.89. The average molecular weight is 261 g/mol. The molecule has 0 aliphatic carbocycles. The minimum Gasteiger partial charge on any atom is -0.352 e. The molecule has 1 aromatic rings. The van der Waals surface area contributed by atoms with Gasteiger partial charge in [-0.15, -0.1) is 0 Å². The van der Waals surface area contributed by atoms with Crippen molar-refractivity contribution in [2.45, 2.75) is 53.4 Å². The monoisotopic (exact) mass is 261 g/mol. The van der Waals surface area contributed by atoms with E-state index in [-0.39, 0.29) is 5.91 Å². The summed E-state index contributed by atoms with van der Waals surface area (Å²) in [7, 11) is 0. The summed E-state index contributed by atoms with van der Waals surface area (Å²) in [4.78, 5) is 12.1. The van der Waals surface area contributed by atoms with Crippen molar-refractivity contribution in [3.63, 3.8) is 0 Å². The fourth-order valence-electron chi connectivity index (χ4n) is 2.17. The average Bonchev–Trinajstić information content (AvgIpc) is 2.41. The number of carbonyl (C=O) groups excluding carboxylic acids is 1. The smallest absolute Gasteiger partial charge is 0.251 e. The van der Waals surface area contributed by atoms with Gasteiger partial charge in [0.2, 0.25) is 0 Å². The molecule has 0 aliphatic heterocycles. The Hall–Kier alpha value is -1.31. The largest absolute Gasteiger partial charge is 0.352 e. The van der Waals surface area contributed by atoms with Gasteiger partial charge in [-0.3, -0.25) is 4.79 Å². The number of aryl methyl sites for hydroxylation is 2. The molecule has 0 unspecified atom stereocenters. The molecule has 1 amide bonds. The van der Waals surface area contributed by atoms with Crippen LogP contribution in [0.5, 0.6) is 0 Å². The number of unbranched alkanes of at least 4 members (excludes halogenated alkanes) is 1. The van der Waals surface area contributed by atoms with E-state index in [4.69, 9.17) is 0 Å². The number of amides is 1. The van der Waals surface area contributed by atoms with Crippen LogP contribution in [0.3, 0.4) is 0 Å². The molecule has 1 rings (SSSR count). The van der Waals surface area contributed by atoms with Gasteiger partial charge >= 0.3 is 0 Å². The Labute approximate surface area is 117 Å². The highest BCUT2D eigenvalue weighted by Gasteiger charge is 2.10. The SMILES string of the molecule is CCCC[C@@H](CC)CNC(=O)c1ccc(C)c(C)c1. The predicted octanol–water partition coefficient (Wildman–Crippen LogP) is 4.25. The van der Waals surface area contributed by atoms with Gasteiger partial charge in [-0.1, -0.05) is 39.2 Å². The van der Waals surface area contributed by atoms with Gasteiger partial charge in [-0.2, -0.15) is 0 Å². The molecule has 1 N–H and O–H groups in total. The zero-order valence-corrected chi connectivity index (χ0v) is 12.8. The summed E-state index contributed by atoms with van der Waals surface area (Å²) in [6.45, 7) is 9.31. The second kappa shape index (κ2) is 7.98. The highest BCUT2D eigenvalue weighted by atomic mass is 16.1. The van der Waals surface area contributed by atoms with Gasteiger partial charge in [0.1, 0.15) is 0 Å². The maximum Gasteiger partial charge on any atom is 0.251 e. The summed E-state index contributed by atoms with van der Waals surface area (Å²) in [5.41, 5.74) is 3.17. The Morgan fingerprint density at radius 3 is 2.53 bits per heavy atom. The molecule has 2 nitrogen and oxygen atoms in total. The lowest BCUT2D eigenvalue weighted by Crippen LogP contribution is -2.29. The second-order valence-electron chi connectivity index (χ2n) is 5.43. The van der Waals surface area contributed by atoms with Gasteiger partial charge in [-0.05, 0) is 49.4 Å². The lowest BCUT2D eigenvalue weighted by molar-refractivity contribution is 0.0945. The molecule has 0 fully saturated rings. The number of hydrogen-bond donors (Lipinski definition) is 1. The quantitative estimate of drug-likeness (QED) is 0.781. The van der Waals surface area contributed by atoms with Gasteiger partial charge < -0.3 is 5.32 Å². The molecule has 0 bridgehead atoms. The van der Waals surface area contributed by atoms with E-state index in [1.54, 1.807) is 0 Å². The third-order valence-corrected chi connectivity index (χ3v) is 3.86. The lowest BCUT2D eigenvalue weighted by atomic mass is 9.99. The van der Waals surface area contributed by atoms with Crippen molar-refractivity contribution in [2.75, 3.05) is 6.54 Å². The second-order valence-corrected chi connectivity index (χ2v) is 5.43. The van der Waals surface area contributed by atoms with E-state index < -0.39 is 0 Å². The molecule has 0 heterocycles. The first kappa shape index (κ1) is 15.7. The number of nitrogens with one attached hydrogen (secondary N) is 1. The highest BCUT2D eigenvalue weighted by Crippen LogP contribution is 2.13. The van der Waals surface area contributed by atoms with Crippen LogP contribution >= 0.6 is 0 Å². The van der Waals surface area contributed by atoms with Crippen molar-refractivity contribution in [2.24, 2.45) is 5.92 Å². The summed E-state index contributed by atoms with van der Waals surface area (Å²) in [5, 5.41) is 3.07. The first-order valence-electron chi connectivity index (χ1n) is 7.43. The Kier molecular flexibility index (Phi) is 6.61. The molecule has 0 radical (unpaired) electrons. The fourth-order valence-corrected chi connectivity index (χ4v) is 2.17. The van der Waals surface area contributed by atoms with Crippen molar-refractivity contribution < 1.29 is 4.79 Å². The molecule has 1 aromatic carbocycles. The molecular weight excluding hydrogens is 234 g/mol. The minimum atomic E-state index is 0.0537. The normalized spacial score (nSPS) is 12.2. The third kappa shape index (κ3) is 5.06. The third-order valence-electron chi connectivity index (χ3n) is 3.86. The van der Waals surface area contributed by atoms with Crippen LogP contribution in [0.15, 0.2) is 18.2 Å². The van der Waals surface area contributed by atoms with E-state index in [0.717, 1.165) is 18.5 Å². The molecule has 0 aliphatic rings. The minimum absolute atomic E-state index is 0.0537. The summed E-state index contributed by atoms with van der Waals surface area (Å²) in [6.07, 6.45) is 4.81. The van der Waals surface area contributed by atoms with Gasteiger partial charge in [0.05, 0.1) is 0 Å². The van der Waals surface area contributed by atoms with E-state index >= 15 is 0 Å². The first-order valence-corrected chi connectivity index (χ1v) is 7.43. The van der Waals surface area contributed by atoms with Crippen LogP contribution < -0.4 is 5.32 Å². The predicted molar refractivity (Wildman–Crippen MR) is 81.6 cm³/mol. The van der Waals surface area contributed by atoms with E-state index in [9.17, 15) is 4.79 Å². The maximum atomic E-state index is 12.1. The van der Waals surface area contributed by atoms with Crippen LogP contribution in [0, 0.1) is 19.8 Å². The van der Waals surface area contributed by atoms with E-state index in [1.165, 1.54) is 30.4 Å². The van der Waals surface area contributed by atoms with Gasteiger partial charge in [0.25, 0.3) is 5.91 Å². The Balaban J connectivity index is 2.52. The van der Waals surface area contributed by atoms with E-state index in [0.29, 0.717) is 5.92 Å². The molecule has 106 valence electrons. The molecular formula is C17H27NO. The summed E-state index contributed by atoms with van der Waals surface area (Å²) >= 11 is 0. The molecule has 19 heavy (non-hydrogen) atoms. The molecule has 0 aromatic heterocycles. The van der Waals surface area contributed by atoms with Crippen molar-refractivity contribution in [3.8, 4) is 0 Å². The Morgan fingerprint density at radius 1 is 1.21 bits per heavy atom. The maximum absolute atomic E-state index is 12.1. The van der Waals surface area contributed by atoms with Crippen LogP contribution in [-0.4, -0.2) is 12.5 Å².